The lowest BCUT2D eigenvalue weighted by molar-refractivity contribution is -0.161. The van der Waals surface area contributed by atoms with E-state index >= 15 is 0 Å². The van der Waals surface area contributed by atoms with Crippen molar-refractivity contribution in [2.45, 2.75) is 52.4 Å². The normalized spacial score (nSPS) is 42.1. The molecule has 3 aliphatic rings. The largest absolute Gasteiger partial charge is 0.481 e. The third-order valence-electron chi connectivity index (χ3n) is 6.48. The van der Waals surface area contributed by atoms with Gasteiger partial charge in [0.2, 0.25) is 0 Å². The van der Waals surface area contributed by atoms with Crippen LogP contribution in [0.1, 0.15) is 52.4 Å². The number of ketones is 1. The Balaban J connectivity index is 1.90. The fourth-order valence-electron chi connectivity index (χ4n) is 5.24. The lowest BCUT2D eigenvalue weighted by Gasteiger charge is -2.47. The molecule has 1 N–H and O–H groups in total. The maximum absolute atomic E-state index is 12.2. The van der Waals surface area contributed by atoms with E-state index in [1.54, 1.807) is 0 Å². The monoisotopic (exact) mass is 276 g/mol. The Morgan fingerprint density at radius 1 is 1.35 bits per heavy atom. The van der Waals surface area contributed by atoms with Crippen LogP contribution in [0.2, 0.25) is 0 Å². The van der Waals surface area contributed by atoms with Gasteiger partial charge in [0.15, 0.2) is 0 Å². The zero-order chi connectivity index (χ0) is 14.5. The van der Waals surface area contributed by atoms with Crippen molar-refractivity contribution in [2.75, 3.05) is 0 Å². The van der Waals surface area contributed by atoms with Crippen molar-refractivity contribution in [1.82, 2.24) is 0 Å². The fourth-order valence-corrected chi connectivity index (χ4v) is 5.24. The third-order valence-corrected chi connectivity index (χ3v) is 6.48. The second-order valence-corrected chi connectivity index (χ2v) is 7.39. The summed E-state index contributed by atoms with van der Waals surface area (Å²) in [5.41, 5.74) is -0.832. The van der Waals surface area contributed by atoms with Gasteiger partial charge in [0.05, 0.1) is 5.41 Å². The molecule has 4 atom stereocenters. The standard InChI is InChI=1S/C17H24O3/c1-11(13-3-5-14(18)6-4-13)17(15(19)20)10-12-7-8-16(17,2)9-12/h7-8,11-13H,3-6,9-10H2,1-2H3,(H,19,20). The summed E-state index contributed by atoms with van der Waals surface area (Å²) in [4.78, 5) is 23.6. The highest BCUT2D eigenvalue weighted by Crippen LogP contribution is 2.65. The van der Waals surface area contributed by atoms with E-state index in [2.05, 4.69) is 26.0 Å². The van der Waals surface area contributed by atoms with Gasteiger partial charge in [-0.2, -0.15) is 0 Å². The highest BCUT2D eigenvalue weighted by Gasteiger charge is 2.64. The summed E-state index contributed by atoms with van der Waals surface area (Å²) in [5, 5.41) is 10.0. The molecule has 2 fully saturated rings. The number of carbonyl (C=O) groups excluding carboxylic acids is 1. The summed E-state index contributed by atoms with van der Waals surface area (Å²) in [7, 11) is 0. The number of carbonyl (C=O) groups is 2. The molecular weight excluding hydrogens is 252 g/mol. The average Bonchev–Trinajstić information content (AvgIpc) is 2.92. The number of carboxylic acid groups (broad SMARTS) is 1. The first kappa shape index (κ1) is 13.8. The van der Waals surface area contributed by atoms with Crippen LogP contribution in [0.25, 0.3) is 0 Å². The van der Waals surface area contributed by atoms with Gasteiger partial charge in [0.25, 0.3) is 0 Å². The van der Waals surface area contributed by atoms with Crippen molar-refractivity contribution in [3.8, 4) is 0 Å². The maximum atomic E-state index is 12.2. The van der Waals surface area contributed by atoms with E-state index in [1.165, 1.54) is 0 Å². The summed E-state index contributed by atoms with van der Waals surface area (Å²) in [6, 6.07) is 0. The molecule has 3 aliphatic carbocycles. The minimum absolute atomic E-state index is 0.146. The number of rotatable bonds is 3. The van der Waals surface area contributed by atoms with E-state index < -0.39 is 11.4 Å². The van der Waals surface area contributed by atoms with Crippen LogP contribution in [0.5, 0.6) is 0 Å². The van der Waals surface area contributed by atoms with Crippen LogP contribution in [0, 0.1) is 28.6 Å². The molecule has 4 unspecified atom stereocenters. The third kappa shape index (κ3) is 1.71. The van der Waals surface area contributed by atoms with E-state index in [9.17, 15) is 14.7 Å². The Bertz CT molecular complexity index is 471. The fraction of sp³-hybridized carbons (Fsp3) is 0.765. The maximum Gasteiger partial charge on any atom is 0.310 e. The molecule has 0 heterocycles. The van der Waals surface area contributed by atoms with Crippen LogP contribution in [-0.4, -0.2) is 16.9 Å². The molecule has 110 valence electrons. The molecular formula is C17H24O3. The van der Waals surface area contributed by atoms with E-state index in [-0.39, 0.29) is 11.3 Å². The van der Waals surface area contributed by atoms with Crippen LogP contribution in [0.4, 0.5) is 0 Å². The quantitative estimate of drug-likeness (QED) is 0.803. The summed E-state index contributed by atoms with van der Waals surface area (Å²) >= 11 is 0. The summed E-state index contributed by atoms with van der Waals surface area (Å²) in [6.07, 6.45) is 9.15. The molecule has 2 saturated carbocycles. The molecule has 0 radical (unpaired) electrons. The highest BCUT2D eigenvalue weighted by atomic mass is 16.4. The number of carboxylic acids is 1. The van der Waals surface area contributed by atoms with Crippen molar-refractivity contribution in [3.63, 3.8) is 0 Å². The molecule has 0 aliphatic heterocycles. The molecule has 0 saturated heterocycles. The van der Waals surface area contributed by atoms with Crippen molar-refractivity contribution >= 4 is 11.8 Å². The van der Waals surface area contributed by atoms with E-state index in [4.69, 9.17) is 0 Å². The molecule has 3 nitrogen and oxygen atoms in total. The van der Waals surface area contributed by atoms with Gasteiger partial charge < -0.3 is 5.11 Å². The molecule has 3 heteroatoms. The van der Waals surface area contributed by atoms with Crippen molar-refractivity contribution in [3.05, 3.63) is 12.2 Å². The van der Waals surface area contributed by atoms with Crippen molar-refractivity contribution in [1.29, 1.82) is 0 Å². The Kier molecular flexibility index (Phi) is 3.07. The average molecular weight is 276 g/mol. The van der Waals surface area contributed by atoms with Gasteiger partial charge >= 0.3 is 5.97 Å². The predicted octanol–water partition coefficient (Wildman–Crippen LogP) is 3.44. The molecule has 0 amide bonds. The Morgan fingerprint density at radius 2 is 2.00 bits per heavy atom. The lowest BCUT2D eigenvalue weighted by atomic mass is 9.55. The number of hydrogen-bond acceptors (Lipinski definition) is 2. The van der Waals surface area contributed by atoms with Crippen LogP contribution < -0.4 is 0 Å². The zero-order valence-corrected chi connectivity index (χ0v) is 12.4. The van der Waals surface area contributed by atoms with Crippen LogP contribution in [0.15, 0.2) is 12.2 Å². The van der Waals surface area contributed by atoms with Gasteiger partial charge in [-0.3, -0.25) is 9.59 Å². The molecule has 0 aromatic carbocycles. The Labute approximate surface area is 120 Å². The highest BCUT2D eigenvalue weighted by molar-refractivity contribution is 5.80. The van der Waals surface area contributed by atoms with Gasteiger partial charge in [-0.05, 0) is 43.4 Å². The summed E-state index contributed by atoms with van der Waals surface area (Å²) in [6.45, 7) is 4.24. The smallest absolute Gasteiger partial charge is 0.310 e. The van der Waals surface area contributed by atoms with Crippen LogP contribution in [0.3, 0.4) is 0 Å². The van der Waals surface area contributed by atoms with E-state index in [0.29, 0.717) is 30.5 Å². The van der Waals surface area contributed by atoms with Gasteiger partial charge in [-0.15, -0.1) is 0 Å². The second kappa shape index (κ2) is 4.44. The molecule has 0 aromatic rings. The van der Waals surface area contributed by atoms with Gasteiger partial charge in [0, 0.05) is 18.3 Å². The number of aliphatic carboxylic acids is 1. The number of Topliss-reactive ketones (excluding diaryl/α,β-unsaturated/α-hetero) is 1. The topological polar surface area (TPSA) is 54.4 Å². The minimum atomic E-state index is -0.628. The SMILES string of the molecule is CC(C1CCC(=O)CC1)C1(C(=O)O)CC2C=CC1(C)C2. The molecule has 2 bridgehead atoms. The van der Waals surface area contributed by atoms with Crippen LogP contribution in [-0.2, 0) is 9.59 Å². The van der Waals surface area contributed by atoms with E-state index in [1.807, 2.05) is 0 Å². The lowest BCUT2D eigenvalue weighted by Crippen LogP contribution is -2.49. The zero-order valence-electron chi connectivity index (χ0n) is 12.4. The first-order valence-electron chi connectivity index (χ1n) is 7.83. The number of hydrogen-bond donors (Lipinski definition) is 1. The first-order chi connectivity index (χ1) is 9.39. The minimum Gasteiger partial charge on any atom is -0.481 e. The number of allylic oxidation sites excluding steroid dienone is 2. The van der Waals surface area contributed by atoms with Gasteiger partial charge in [-0.25, -0.2) is 0 Å². The number of fused-ring (bicyclic) bond motifs is 2. The van der Waals surface area contributed by atoms with Crippen molar-refractivity contribution in [2.24, 2.45) is 28.6 Å². The van der Waals surface area contributed by atoms with E-state index in [0.717, 1.165) is 25.7 Å². The summed E-state index contributed by atoms with van der Waals surface area (Å²) < 4.78 is 0. The first-order valence-corrected chi connectivity index (χ1v) is 7.83. The molecule has 3 rings (SSSR count). The molecule has 0 aromatic heterocycles. The van der Waals surface area contributed by atoms with Crippen molar-refractivity contribution < 1.29 is 14.7 Å². The molecule has 20 heavy (non-hydrogen) atoms. The Hall–Kier alpha value is -1.12. The predicted molar refractivity (Wildman–Crippen MR) is 76.2 cm³/mol. The van der Waals surface area contributed by atoms with Gasteiger partial charge in [0.1, 0.15) is 5.78 Å². The molecule has 0 spiro atoms. The second-order valence-electron chi connectivity index (χ2n) is 7.39. The summed E-state index contributed by atoms with van der Waals surface area (Å²) in [5.74, 6) is 0.679. The van der Waals surface area contributed by atoms with Crippen LogP contribution >= 0.6 is 0 Å². The van der Waals surface area contributed by atoms with Gasteiger partial charge in [-0.1, -0.05) is 26.0 Å². The Morgan fingerprint density at radius 3 is 2.45 bits per heavy atom.